The minimum atomic E-state index is -0.754. The third kappa shape index (κ3) is 4.77. The molecule has 8 N–H and O–H groups in total. The van der Waals surface area contributed by atoms with Crippen molar-refractivity contribution >= 4 is 0 Å². The number of hydrogen-bond donors (Lipinski definition) is 7. The highest BCUT2D eigenvalue weighted by molar-refractivity contribution is 4.97. The topological polar surface area (TPSA) is 123 Å². The first-order chi connectivity index (χ1) is 8.49. The zero-order valence-electron chi connectivity index (χ0n) is 11.4. The van der Waals surface area contributed by atoms with Crippen LogP contribution in [0.4, 0.5) is 0 Å². The molecule has 0 saturated heterocycles. The van der Waals surface area contributed by atoms with Gasteiger partial charge in [-0.2, -0.15) is 0 Å². The van der Waals surface area contributed by atoms with E-state index in [1.165, 1.54) is 0 Å². The molecule has 0 amide bonds. The molecule has 0 aliphatic heterocycles. The largest absolute Gasteiger partial charge is 0.395 e. The minimum Gasteiger partial charge on any atom is -0.395 e. The van der Waals surface area contributed by atoms with Crippen molar-refractivity contribution in [3.8, 4) is 0 Å². The Hall–Kier alpha value is -0.280. The first-order valence-electron chi connectivity index (χ1n) is 6.27. The zero-order valence-corrected chi connectivity index (χ0v) is 11.4. The predicted octanol–water partition coefficient (Wildman–Crippen LogP) is -2.63. The Balaban J connectivity index is 4.97. The van der Waals surface area contributed by atoms with Gasteiger partial charge in [-0.05, 0) is 0 Å². The van der Waals surface area contributed by atoms with Gasteiger partial charge in [0.15, 0.2) is 0 Å². The Bertz CT molecular complexity index is 193. The van der Waals surface area contributed by atoms with E-state index in [9.17, 15) is 0 Å². The fourth-order valence-electron chi connectivity index (χ4n) is 1.79. The molecular weight excluding hydrogens is 236 g/mol. The molecule has 0 radical (unpaired) electrons. The number of nitrogens with two attached hydrogens (primary N) is 1. The van der Waals surface area contributed by atoms with Crippen LogP contribution in [0.3, 0.4) is 0 Å². The minimum absolute atomic E-state index is 0.00991. The lowest BCUT2D eigenvalue weighted by atomic mass is 9.83. The van der Waals surface area contributed by atoms with Crippen molar-refractivity contribution in [1.82, 2.24) is 16.0 Å². The zero-order chi connectivity index (χ0) is 14.1. The molecule has 0 aromatic rings. The monoisotopic (exact) mass is 264 g/mol. The van der Waals surface area contributed by atoms with Gasteiger partial charge in [0.2, 0.25) is 0 Å². The maximum absolute atomic E-state index is 8.97. The first-order valence-corrected chi connectivity index (χ1v) is 6.27. The van der Waals surface area contributed by atoms with Crippen LogP contribution in [0.5, 0.6) is 0 Å². The van der Waals surface area contributed by atoms with Crippen molar-refractivity contribution < 1.29 is 15.3 Å². The summed E-state index contributed by atoms with van der Waals surface area (Å²) in [7, 11) is 0. The summed E-state index contributed by atoms with van der Waals surface area (Å²) in [5, 5.41) is 36.4. The normalized spacial score (nSPS) is 13.0. The molecule has 7 heteroatoms. The SMILES string of the molecule is CC(C)(CN)C(NCCO)(NCCO)NCCO. The Morgan fingerprint density at radius 1 is 0.833 bits per heavy atom. The van der Waals surface area contributed by atoms with Gasteiger partial charge in [0, 0.05) is 31.6 Å². The van der Waals surface area contributed by atoms with E-state index in [1.54, 1.807) is 0 Å². The number of aliphatic hydroxyl groups is 3. The first kappa shape index (κ1) is 17.7. The maximum Gasteiger partial charge on any atom is 0.130 e. The molecule has 0 aromatic carbocycles. The van der Waals surface area contributed by atoms with E-state index in [0.717, 1.165) is 0 Å². The van der Waals surface area contributed by atoms with Crippen molar-refractivity contribution in [3.63, 3.8) is 0 Å². The summed E-state index contributed by atoms with van der Waals surface area (Å²) in [5.74, 6) is -0.754. The van der Waals surface area contributed by atoms with Crippen LogP contribution in [0.15, 0.2) is 0 Å². The van der Waals surface area contributed by atoms with E-state index in [2.05, 4.69) is 16.0 Å². The lowest BCUT2D eigenvalue weighted by molar-refractivity contribution is 0.0365. The Morgan fingerprint density at radius 2 is 1.17 bits per heavy atom. The van der Waals surface area contributed by atoms with E-state index in [0.29, 0.717) is 26.2 Å². The summed E-state index contributed by atoms with van der Waals surface area (Å²) in [6.45, 7) is 5.42. The standard InChI is InChI=1S/C11H28N4O3/c1-10(2,9-12)11(13-3-6-16,14-4-7-17)15-5-8-18/h13-18H,3-9,12H2,1-2H3. The van der Waals surface area contributed by atoms with Gasteiger partial charge in [-0.1, -0.05) is 13.8 Å². The van der Waals surface area contributed by atoms with Crippen LogP contribution >= 0.6 is 0 Å². The molecule has 7 nitrogen and oxygen atoms in total. The van der Waals surface area contributed by atoms with Gasteiger partial charge in [-0.25, -0.2) is 0 Å². The number of nitrogens with one attached hydrogen (secondary N) is 3. The van der Waals surface area contributed by atoms with Gasteiger partial charge in [0.05, 0.1) is 19.8 Å². The van der Waals surface area contributed by atoms with Gasteiger partial charge in [0.1, 0.15) is 5.79 Å². The molecule has 0 aromatic heterocycles. The Kier molecular flexibility index (Phi) is 8.62. The Morgan fingerprint density at radius 3 is 1.39 bits per heavy atom. The summed E-state index contributed by atoms with van der Waals surface area (Å²) < 4.78 is 0. The predicted molar refractivity (Wildman–Crippen MR) is 70.8 cm³/mol. The molecule has 0 unspecified atom stereocenters. The lowest BCUT2D eigenvalue weighted by Crippen LogP contribution is -2.76. The third-order valence-electron chi connectivity index (χ3n) is 3.03. The Labute approximate surface area is 109 Å². The summed E-state index contributed by atoms with van der Waals surface area (Å²) in [6.07, 6.45) is 0. The summed E-state index contributed by atoms with van der Waals surface area (Å²) in [4.78, 5) is 0. The van der Waals surface area contributed by atoms with E-state index in [1.807, 2.05) is 13.8 Å². The van der Waals surface area contributed by atoms with Crippen LogP contribution in [-0.2, 0) is 0 Å². The van der Waals surface area contributed by atoms with Gasteiger partial charge in [-0.3, -0.25) is 16.0 Å². The van der Waals surface area contributed by atoms with Crippen molar-refractivity contribution in [1.29, 1.82) is 0 Å². The fraction of sp³-hybridized carbons (Fsp3) is 1.00. The molecular formula is C11H28N4O3. The molecule has 0 aliphatic rings. The second-order valence-electron chi connectivity index (χ2n) is 4.79. The van der Waals surface area contributed by atoms with Crippen LogP contribution < -0.4 is 21.7 Å². The van der Waals surface area contributed by atoms with Crippen molar-refractivity contribution in [2.45, 2.75) is 19.6 Å². The van der Waals surface area contributed by atoms with Crippen molar-refractivity contribution in [2.24, 2.45) is 11.1 Å². The van der Waals surface area contributed by atoms with Gasteiger partial charge >= 0.3 is 0 Å². The highest BCUT2D eigenvalue weighted by Crippen LogP contribution is 2.25. The van der Waals surface area contributed by atoms with E-state index in [-0.39, 0.29) is 25.2 Å². The van der Waals surface area contributed by atoms with Crippen LogP contribution in [0.2, 0.25) is 0 Å². The van der Waals surface area contributed by atoms with Crippen LogP contribution in [0.1, 0.15) is 13.8 Å². The second-order valence-corrected chi connectivity index (χ2v) is 4.79. The van der Waals surface area contributed by atoms with Gasteiger partial charge < -0.3 is 21.1 Å². The molecule has 18 heavy (non-hydrogen) atoms. The van der Waals surface area contributed by atoms with E-state index in [4.69, 9.17) is 21.1 Å². The number of aliphatic hydroxyl groups excluding tert-OH is 3. The molecule has 0 bridgehead atoms. The quantitative estimate of drug-likeness (QED) is 0.204. The van der Waals surface area contributed by atoms with Crippen LogP contribution in [0.25, 0.3) is 0 Å². The third-order valence-corrected chi connectivity index (χ3v) is 3.03. The van der Waals surface area contributed by atoms with E-state index < -0.39 is 5.79 Å². The highest BCUT2D eigenvalue weighted by atomic mass is 16.3. The van der Waals surface area contributed by atoms with E-state index >= 15 is 0 Å². The van der Waals surface area contributed by atoms with Crippen LogP contribution in [-0.4, -0.2) is 67.1 Å². The fourth-order valence-corrected chi connectivity index (χ4v) is 1.79. The van der Waals surface area contributed by atoms with Crippen LogP contribution in [0, 0.1) is 5.41 Å². The highest BCUT2D eigenvalue weighted by Gasteiger charge is 2.43. The molecule has 0 aliphatic carbocycles. The molecule has 0 heterocycles. The van der Waals surface area contributed by atoms with Gasteiger partial charge in [0.25, 0.3) is 0 Å². The summed E-state index contributed by atoms with van der Waals surface area (Å²) >= 11 is 0. The average Bonchev–Trinajstić information content (AvgIpc) is 2.38. The summed E-state index contributed by atoms with van der Waals surface area (Å²) in [6, 6.07) is 0. The second kappa shape index (κ2) is 8.76. The molecule has 110 valence electrons. The maximum atomic E-state index is 8.97. The molecule has 0 saturated carbocycles. The summed E-state index contributed by atoms with van der Waals surface area (Å²) in [5.41, 5.74) is 5.42. The van der Waals surface area contributed by atoms with Crippen molar-refractivity contribution in [3.05, 3.63) is 0 Å². The molecule has 0 atom stereocenters. The van der Waals surface area contributed by atoms with Gasteiger partial charge in [-0.15, -0.1) is 0 Å². The number of hydrogen-bond acceptors (Lipinski definition) is 7. The average molecular weight is 264 g/mol. The molecule has 0 spiro atoms. The van der Waals surface area contributed by atoms with Crippen molar-refractivity contribution in [2.75, 3.05) is 46.0 Å². The molecule has 0 rings (SSSR count). The lowest BCUT2D eigenvalue weighted by Gasteiger charge is -2.48. The molecule has 0 fully saturated rings. The number of rotatable bonds is 11. The smallest absolute Gasteiger partial charge is 0.130 e.